The second-order valence-corrected chi connectivity index (χ2v) is 5.54. The van der Waals surface area contributed by atoms with Crippen LogP contribution in [-0.4, -0.2) is 14.9 Å². The predicted octanol–water partition coefficient (Wildman–Crippen LogP) is 3.43. The van der Waals surface area contributed by atoms with Gasteiger partial charge in [-0.15, -0.1) is 0 Å². The molecule has 2 heterocycles. The molecule has 1 N–H and O–H groups in total. The highest BCUT2D eigenvalue weighted by atomic mass is 35.5. The van der Waals surface area contributed by atoms with E-state index in [1.807, 2.05) is 34.7 Å². The number of aliphatic hydroxyl groups is 1. The first-order chi connectivity index (χ1) is 9.36. The van der Waals surface area contributed by atoms with Gasteiger partial charge in [0.1, 0.15) is 11.5 Å². The van der Waals surface area contributed by atoms with Crippen LogP contribution in [0.2, 0.25) is 5.02 Å². The van der Waals surface area contributed by atoms with Gasteiger partial charge in [-0.1, -0.05) is 18.5 Å². The van der Waals surface area contributed by atoms with Crippen molar-refractivity contribution in [2.45, 2.75) is 46.6 Å². The topological polar surface area (TPSA) is 51.2 Å². The number of rotatable bonds is 4. The summed E-state index contributed by atoms with van der Waals surface area (Å²) < 4.78 is 7.33. The minimum absolute atomic E-state index is 0.434. The molecule has 110 valence electrons. The molecule has 0 aliphatic heterocycles. The lowest BCUT2D eigenvalue weighted by Crippen LogP contribution is -2.08. The minimum atomic E-state index is -0.634. The maximum absolute atomic E-state index is 10.5. The number of halogens is 1. The molecule has 2 aromatic heterocycles. The number of hydrogen-bond acceptors (Lipinski definition) is 3. The van der Waals surface area contributed by atoms with Crippen molar-refractivity contribution in [3.63, 3.8) is 0 Å². The smallest absolute Gasteiger partial charge is 0.107 e. The van der Waals surface area contributed by atoms with Gasteiger partial charge in [0.15, 0.2) is 0 Å². The summed E-state index contributed by atoms with van der Waals surface area (Å²) in [6, 6.07) is 0. The van der Waals surface area contributed by atoms with Gasteiger partial charge in [-0.25, -0.2) is 0 Å². The summed E-state index contributed by atoms with van der Waals surface area (Å²) in [4.78, 5) is 0. The fourth-order valence-electron chi connectivity index (χ4n) is 2.63. The Labute approximate surface area is 124 Å². The third kappa shape index (κ3) is 2.50. The molecule has 1 unspecified atom stereocenters. The van der Waals surface area contributed by atoms with Crippen molar-refractivity contribution in [3.8, 4) is 0 Å². The molecule has 0 aliphatic rings. The summed E-state index contributed by atoms with van der Waals surface area (Å²) in [7, 11) is 1.85. The van der Waals surface area contributed by atoms with Crippen molar-refractivity contribution >= 4 is 11.6 Å². The SMILES string of the molecule is CCc1nn(C)c(CC(O)c2c(C)oc(C)c2C)c1Cl. The van der Waals surface area contributed by atoms with E-state index in [-0.39, 0.29) is 0 Å². The molecule has 0 spiro atoms. The molecule has 0 saturated heterocycles. The van der Waals surface area contributed by atoms with Gasteiger partial charge in [0, 0.05) is 19.0 Å². The van der Waals surface area contributed by atoms with Crippen LogP contribution in [0.1, 0.15) is 47.1 Å². The maximum Gasteiger partial charge on any atom is 0.107 e. The van der Waals surface area contributed by atoms with Crippen LogP contribution in [0, 0.1) is 20.8 Å². The van der Waals surface area contributed by atoms with Crippen LogP contribution < -0.4 is 0 Å². The number of nitrogens with zero attached hydrogens (tertiary/aromatic N) is 2. The van der Waals surface area contributed by atoms with Crippen molar-refractivity contribution in [1.82, 2.24) is 9.78 Å². The largest absolute Gasteiger partial charge is 0.466 e. The van der Waals surface area contributed by atoms with Crippen LogP contribution in [0.4, 0.5) is 0 Å². The Bertz CT molecular complexity index is 628. The van der Waals surface area contributed by atoms with E-state index in [0.717, 1.165) is 40.5 Å². The number of aryl methyl sites for hydroxylation is 4. The molecule has 0 aliphatic carbocycles. The van der Waals surface area contributed by atoms with Crippen molar-refractivity contribution in [2.24, 2.45) is 7.05 Å². The fourth-order valence-corrected chi connectivity index (χ4v) is 3.00. The van der Waals surface area contributed by atoms with Crippen LogP contribution in [0.25, 0.3) is 0 Å². The zero-order valence-electron chi connectivity index (χ0n) is 12.6. The van der Waals surface area contributed by atoms with Gasteiger partial charge in [0.05, 0.1) is 22.5 Å². The predicted molar refractivity (Wildman–Crippen MR) is 79.2 cm³/mol. The summed E-state index contributed by atoms with van der Waals surface area (Å²) in [5.41, 5.74) is 3.59. The second-order valence-electron chi connectivity index (χ2n) is 5.16. The van der Waals surface area contributed by atoms with Crippen LogP contribution in [0.3, 0.4) is 0 Å². The highest BCUT2D eigenvalue weighted by molar-refractivity contribution is 6.31. The van der Waals surface area contributed by atoms with Crippen LogP contribution in [0.5, 0.6) is 0 Å². The lowest BCUT2D eigenvalue weighted by molar-refractivity contribution is 0.173. The van der Waals surface area contributed by atoms with Crippen molar-refractivity contribution in [3.05, 3.63) is 39.1 Å². The molecular formula is C15H21ClN2O2. The fraction of sp³-hybridized carbons (Fsp3) is 0.533. The Hall–Kier alpha value is -1.26. The van der Waals surface area contributed by atoms with Crippen LogP contribution >= 0.6 is 11.6 Å². The number of aliphatic hydroxyl groups excluding tert-OH is 1. The molecule has 0 fully saturated rings. The van der Waals surface area contributed by atoms with E-state index in [1.165, 1.54) is 0 Å². The van der Waals surface area contributed by atoms with Gasteiger partial charge in [-0.05, 0) is 32.8 Å². The number of hydrogen-bond donors (Lipinski definition) is 1. The molecule has 0 saturated carbocycles. The molecule has 5 heteroatoms. The number of aromatic nitrogens is 2. The van der Waals surface area contributed by atoms with Gasteiger partial charge in [0.25, 0.3) is 0 Å². The van der Waals surface area contributed by atoms with E-state index in [4.69, 9.17) is 16.0 Å². The molecule has 0 aromatic carbocycles. The molecular weight excluding hydrogens is 276 g/mol. The van der Waals surface area contributed by atoms with Gasteiger partial charge in [-0.2, -0.15) is 5.10 Å². The first kappa shape index (κ1) is 15.1. The average molecular weight is 297 g/mol. The lowest BCUT2D eigenvalue weighted by atomic mass is 10.0. The summed E-state index contributed by atoms with van der Waals surface area (Å²) in [6.45, 7) is 7.76. The molecule has 0 amide bonds. The molecule has 20 heavy (non-hydrogen) atoms. The Morgan fingerprint density at radius 1 is 1.30 bits per heavy atom. The van der Waals surface area contributed by atoms with Crippen LogP contribution in [0.15, 0.2) is 4.42 Å². The van der Waals surface area contributed by atoms with Gasteiger partial charge < -0.3 is 9.52 Å². The quantitative estimate of drug-likeness (QED) is 0.940. The zero-order chi connectivity index (χ0) is 15.0. The molecule has 0 bridgehead atoms. The van der Waals surface area contributed by atoms with Gasteiger partial charge >= 0.3 is 0 Å². The van der Waals surface area contributed by atoms with E-state index in [9.17, 15) is 5.11 Å². The summed E-state index contributed by atoms with van der Waals surface area (Å²) in [5, 5.41) is 15.6. The molecule has 1 atom stereocenters. The van der Waals surface area contributed by atoms with Crippen molar-refractivity contribution in [1.29, 1.82) is 0 Å². The van der Waals surface area contributed by atoms with Gasteiger partial charge in [0.2, 0.25) is 0 Å². The Morgan fingerprint density at radius 2 is 1.95 bits per heavy atom. The highest BCUT2D eigenvalue weighted by Crippen LogP contribution is 2.31. The van der Waals surface area contributed by atoms with Crippen molar-refractivity contribution in [2.75, 3.05) is 0 Å². The molecule has 4 nitrogen and oxygen atoms in total. The monoisotopic (exact) mass is 296 g/mol. The standard InChI is InChI=1S/C15H21ClN2O2/c1-6-11-15(16)12(18(5)17-11)7-13(19)14-8(2)9(3)20-10(14)4/h13,19H,6-7H2,1-5H3. The van der Waals surface area contributed by atoms with E-state index in [2.05, 4.69) is 5.10 Å². The van der Waals surface area contributed by atoms with E-state index >= 15 is 0 Å². The molecule has 2 rings (SSSR count). The van der Waals surface area contributed by atoms with Crippen LogP contribution in [-0.2, 0) is 19.9 Å². The Kier molecular flexibility index (Phi) is 4.25. The maximum atomic E-state index is 10.5. The van der Waals surface area contributed by atoms with Gasteiger partial charge in [-0.3, -0.25) is 4.68 Å². The third-order valence-electron chi connectivity index (χ3n) is 3.84. The Balaban J connectivity index is 2.32. The second kappa shape index (κ2) is 5.62. The highest BCUT2D eigenvalue weighted by Gasteiger charge is 2.23. The first-order valence-corrected chi connectivity index (χ1v) is 7.19. The number of furan rings is 1. The Morgan fingerprint density at radius 3 is 2.40 bits per heavy atom. The van der Waals surface area contributed by atoms with E-state index in [0.29, 0.717) is 11.4 Å². The minimum Gasteiger partial charge on any atom is -0.466 e. The third-order valence-corrected chi connectivity index (χ3v) is 4.28. The average Bonchev–Trinajstić information content (AvgIpc) is 2.79. The first-order valence-electron chi connectivity index (χ1n) is 6.81. The molecule has 2 aromatic rings. The van der Waals surface area contributed by atoms with E-state index in [1.54, 1.807) is 4.68 Å². The normalized spacial score (nSPS) is 12.9. The summed E-state index contributed by atoms with van der Waals surface area (Å²) in [6.07, 6.45) is 0.583. The van der Waals surface area contributed by atoms with Crippen molar-refractivity contribution < 1.29 is 9.52 Å². The summed E-state index contributed by atoms with van der Waals surface area (Å²) in [5.74, 6) is 1.61. The lowest BCUT2D eigenvalue weighted by Gasteiger charge is -2.12. The summed E-state index contributed by atoms with van der Waals surface area (Å²) >= 11 is 6.33. The van der Waals surface area contributed by atoms with E-state index < -0.39 is 6.10 Å². The molecule has 0 radical (unpaired) electrons. The zero-order valence-corrected chi connectivity index (χ0v) is 13.4.